The van der Waals surface area contributed by atoms with Crippen molar-refractivity contribution in [3.63, 3.8) is 0 Å². The van der Waals surface area contributed by atoms with Crippen LogP contribution in [0, 0.1) is 6.92 Å². The molecular formula is C17H25O2. The van der Waals surface area contributed by atoms with E-state index in [1.54, 1.807) is 20.8 Å². The first-order valence-corrected chi connectivity index (χ1v) is 7.26. The summed E-state index contributed by atoms with van der Waals surface area (Å²) in [4.78, 5) is 24.2. The third kappa shape index (κ3) is 3.89. The van der Waals surface area contributed by atoms with Crippen LogP contribution in [0.3, 0.4) is 0 Å². The predicted molar refractivity (Wildman–Crippen MR) is 78.8 cm³/mol. The van der Waals surface area contributed by atoms with Gasteiger partial charge in [-0.3, -0.25) is 9.59 Å². The number of allylic oxidation sites excluding steroid dienone is 4. The zero-order valence-electron chi connectivity index (χ0n) is 12.5. The molecule has 0 unspecified atom stereocenters. The Balaban J connectivity index is 2.53. The van der Waals surface area contributed by atoms with E-state index in [9.17, 15) is 9.59 Å². The molecule has 0 spiro atoms. The van der Waals surface area contributed by atoms with E-state index in [1.165, 1.54) is 19.3 Å². The number of rotatable bonds is 7. The fourth-order valence-electron chi connectivity index (χ4n) is 2.47. The Hall–Kier alpha value is -1.18. The second-order valence-electron chi connectivity index (χ2n) is 5.38. The molecule has 19 heavy (non-hydrogen) atoms. The highest BCUT2D eigenvalue weighted by Crippen LogP contribution is 2.27. The summed E-state index contributed by atoms with van der Waals surface area (Å²) in [5.41, 5.74) is 2.64. The van der Waals surface area contributed by atoms with Crippen LogP contribution in [-0.4, -0.2) is 11.6 Å². The lowest BCUT2D eigenvalue weighted by atomic mass is 9.84. The summed E-state index contributed by atoms with van der Waals surface area (Å²) in [6, 6.07) is 0. The first kappa shape index (κ1) is 15.9. The van der Waals surface area contributed by atoms with E-state index in [2.05, 4.69) is 6.92 Å². The van der Waals surface area contributed by atoms with Crippen LogP contribution in [0.25, 0.3) is 0 Å². The van der Waals surface area contributed by atoms with Gasteiger partial charge in [0.15, 0.2) is 11.6 Å². The largest absolute Gasteiger partial charge is 0.289 e. The standard InChI is InChI=1S/C17H25O2/c1-5-6-7-8-9-10-11-15-14(4)16(18)12(2)13(3)17(15)19/h1,5-11H2,2-4H3. The van der Waals surface area contributed by atoms with Crippen LogP contribution in [0.1, 0.15) is 65.7 Å². The molecule has 1 radical (unpaired) electrons. The van der Waals surface area contributed by atoms with Crippen LogP contribution in [0.4, 0.5) is 0 Å². The van der Waals surface area contributed by atoms with Crippen LogP contribution in [0.2, 0.25) is 0 Å². The summed E-state index contributed by atoms with van der Waals surface area (Å²) in [5.74, 6) is 0.122. The fourth-order valence-corrected chi connectivity index (χ4v) is 2.47. The van der Waals surface area contributed by atoms with Crippen molar-refractivity contribution in [2.24, 2.45) is 0 Å². The zero-order chi connectivity index (χ0) is 14.4. The van der Waals surface area contributed by atoms with Gasteiger partial charge in [0, 0.05) is 22.3 Å². The van der Waals surface area contributed by atoms with Crippen molar-refractivity contribution < 1.29 is 9.59 Å². The van der Waals surface area contributed by atoms with Gasteiger partial charge in [0.05, 0.1) is 0 Å². The molecule has 0 aromatic rings. The quantitative estimate of drug-likeness (QED) is 0.504. The maximum Gasteiger partial charge on any atom is 0.185 e. The SMILES string of the molecule is [CH2]CCCCCCCC1=C(C)C(=O)C(C)=C(C)C1=O. The van der Waals surface area contributed by atoms with Crippen molar-refractivity contribution in [1.29, 1.82) is 0 Å². The maximum absolute atomic E-state index is 12.2. The summed E-state index contributed by atoms with van der Waals surface area (Å²) in [6.07, 6.45) is 7.45. The van der Waals surface area contributed by atoms with Crippen molar-refractivity contribution >= 4 is 11.6 Å². The summed E-state index contributed by atoms with van der Waals surface area (Å²) in [5, 5.41) is 0. The molecule has 0 N–H and O–H groups in total. The van der Waals surface area contributed by atoms with Crippen LogP contribution >= 0.6 is 0 Å². The molecule has 0 aliphatic heterocycles. The molecule has 0 saturated carbocycles. The highest BCUT2D eigenvalue weighted by Gasteiger charge is 2.26. The van der Waals surface area contributed by atoms with E-state index in [1.807, 2.05) is 0 Å². The highest BCUT2D eigenvalue weighted by molar-refractivity contribution is 6.24. The molecule has 1 aliphatic carbocycles. The lowest BCUT2D eigenvalue weighted by molar-refractivity contribution is -0.116. The van der Waals surface area contributed by atoms with E-state index >= 15 is 0 Å². The minimum Gasteiger partial charge on any atom is -0.289 e. The lowest BCUT2D eigenvalue weighted by Crippen LogP contribution is -2.20. The smallest absolute Gasteiger partial charge is 0.185 e. The van der Waals surface area contributed by atoms with Gasteiger partial charge in [-0.25, -0.2) is 0 Å². The van der Waals surface area contributed by atoms with E-state index in [0.29, 0.717) is 16.7 Å². The molecule has 0 aromatic heterocycles. The van der Waals surface area contributed by atoms with Gasteiger partial charge in [0.2, 0.25) is 0 Å². The second-order valence-corrected chi connectivity index (χ2v) is 5.38. The summed E-state index contributed by atoms with van der Waals surface area (Å²) >= 11 is 0. The molecule has 0 aromatic carbocycles. The Morgan fingerprint density at radius 2 is 1.26 bits per heavy atom. The predicted octanol–water partition coefficient (Wildman–Crippen LogP) is 4.36. The number of Topliss-reactive ketones (excluding diaryl/α,β-unsaturated/α-hetero) is 2. The van der Waals surface area contributed by atoms with E-state index in [0.717, 1.165) is 31.3 Å². The van der Waals surface area contributed by atoms with Gasteiger partial charge in [-0.2, -0.15) is 0 Å². The summed E-state index contributed by atoms with van der Waals surface area (Å²) in [6.45, 7) is 9.12. The van der Waals surface area contributed by atoms with Crippen molar-refractivity contribution in [2.45, 2.75) is 65.7 Å². The Morgan fingerprint density at radius 1 is 0.737 bits per heavy atom. The third-order valence-corrected chi connectivity index (χ3v) is 3.99. The van der Waals surface area contributed by atoms with Gasteiger partial charge in [-0.1, -0.05) is 39.0 Å². The summed E-state index contributed by atoms with van der Waals surface area (Å²) in [7, 11) is 0. The molecular weight excluding hydrogens is 236 g/mol. The van der Waals surface area contributed by atoms with Crippen molar-refractivity contribution in [1.82, 2.24) is 0 Å². The average molecular weight is 261 g/mol. The summed E-state index contributed by atoms with van der Waals surface area (Å²) < 4.78 is 0. The molecule has 0 fully saturated rings. The van der Waals surface area contributed by atoms with Gasteiger partial charge >= 0.3 is 0 Å². The highest BCUT2D eigenvalue weighted by atomic mass is 16.1. The van der Waals surface area contributed by atoms with E-state index < -0.39 is 0 Å². The molecule has 0 heterocycles. The molecule has 1 aliphatic rings. The van der Waals surface area contributed by atoms with Crippen LogP contribution in [0.5, 0.6) is 0 Å². The number of unbranched alkanes of at least 4 members (excludes halogenated alkanes) is 5. The Labute approximate surface area is 117 Å². The number of carbonyl (C=O) groups is 2. The average Bonchev–Trinajstić information content (AvgIpc) is 2.41. The van der Waals surface area contributed by atoms with Crippen molar-refractivity contribution in [3.05, 3.63) is 29.2 Å². The Bertz CT molecular complexity index is 425. The first-order chi connectivity index (χ1) is 9.00. The van der Waals surface area contributed by atoms with E-state index in [-0.39, 0.29) is 11.6 Å². The first-order valence-electron chi connectivity index (χ1n) is 7.26. The van der Waals surface area contributed by atoms with Crippen LogP contribution in [-0.2, 0) is 9.59 Å². The third-order valence-electron chi connectivity index (χ3n) is 3.99. The molecule has 2 heteroatoms. The van der Waals surface area contributed by atoms with Gasteiger partial charge < -0.3 is 0 Å². The number of ketones is 2. The zero-order valence-corrected chi connectivity index (χ0v) is 12.5. The molecule has 1 rings (SSSR count). The van der Waals surface area contributed by atoms with Crippen LogP contribution < -0.4 is 0 Å². The molecule has 105 valence electrons. The Morgan fingerprint density at radius 3 is 1.89 bits per heavy atom. The molecule has 0 bridgehead atoms. The molecule has 2 nitrogen and oxygen atoms in total. The molecule has 0 amide bonds. The second kappa shape index (κ2) is 7.42. The number of hydrogen-bond acceptors (Lipinski definition) is 2. The van der Waals surface area contributed by atoms with E-state index in [4.69, 9.17) is 0 Å². The lowest BCUT2D eigenvalue weighted by Gasteiger charge is -2.18. The van der Waals surface area contributed by atoms with Crippen molar-refractivity contribution in [3.8, 4) is 0 Å². The van der Waals surface area contributed by atoms with Crippen LogP contribution in [0.15, 0.2) is 22.3 Å². The topological polar surface area (TPSA) is 34.1 Å². The van der Waals surface area contributed by atoms with Gasteiger partial charge in [-0.05, 0) is 33.6 Å². The normalized spacial score (nSPS) is 16.6. The fraction of sp³-hybridized carbons (Fsp3) is 0.588. The van der Waals surface area contributed by atoms with Gasteiger partial charge in [0.25, 0.3) is 0 Å². The molecule has 0 atom stereocenters. The maximum atomic E-state index is 12.2. The molecule has 0 saturated heterocycles. The monoisotopic (exact) mass is 261 g/mol. The number of hydrogen-bond donors (Lipinski definition) is 0. The Kier molecular flexibility index (Phi) is 6.20. The minimum atomic E-state index is 0.0455. The number of carbonyl (C=O) groups excluding carboxylic acids is 2. The van der Waals surface area contributed by atoms with Gasteiger partial charge in [0.1, 0.15) is 0 Å². The van der Waals surface area contributed by atoms with Crippen molar-refractivity contribution in [2.75, 3.05) is 0 Å². The minimum absolute atomic E-state index is 0.0455. The van der Waals surface area contributed by atoms with Gasteiger partial charge in [-0.15, -0.1) is 0 Å².